The molecule has 0 atom stereocenters. The summed E-state index contributed by atoms with van der Waals surface area (Å²) >= 11 is 0. The highest BCUT2D eigenvalue weighted by atomic mass is 16.1. The van der Waals surface area contributed by atoms with Crippen LogP contribution in [0.3, 0.4) is 0 Å². The van der Waals surface area contributed by atoms with Crippen LogP contribution in [0.1, 0.15) is 11.1 Å². The monoisotopic (exact) mass is 184 g/mol. The number of hydrogen-bond acceptors (Lipinski definition) is 2. The Balaban J connectivity index is 2.99. The van der Waals surface area contributed by atoms with Crippen LogP contribution in [0.4, 0.5) is 0 Å². The Bertz CT molecular complexity index is 346. The molecule has 0 amide bonds. The van der Waals surface area contributed by atoms with Gasteiger partial charge in [0.05, 0.1) is 0 Å². The van der Waals surface area contributed by atoms with Gasteiger partial charge in [0.1, 0.15) is 0 Å². The van der Waals surface area contributed by atoms with E-state index in [-0.39, 0.29) is 11.1 Å². The number of carbonyl (C=O) groups excluding carboxylic acids is 2. The largest absolute Gasteiger partial charge is 0.285 e. The van der Waals surface area contributed by atoms with Crippen LogP contribution in [0.25, 0.3) is 11.1 Å². The van der Waals surface area contributed by atoms with Gasteiger partial charge in [-0.1, -0.05) is 37.4 Å². The lowest BCUT2D eigenvalue weighted by molar-refractivity contribution is 0.565. The van der Waals surface area contributed by atoms with E-state index in [1.165, 1.54) is 0 Å². The van der Waals surface area contributed by atoms with E-state index in [1.807, 2.05) is 0 Å². The predicted octanol–water partition coefficient (Wildman–Crippen LogP) is 1.93. The molecule has 0 saturated heterocycles. The van der Waals surface area contributed by atoms with E-state index < -0.39 is 0 Å². The molecule has 68 valence electrons. The molecule has 2 radical (unpaired) electrons. The summed E-state index contributed by atoms with van der Waals surface area (Å²) in [5.41, 5.74) is 1.94. The summed E-state index contributed by atoms with van der Waals surface area (Å²) in [5.74, 6) is 0. The van der Waals surface area contributed by atoms with Crippen LogP contribution >= 0.6 is 0 Å². The van der Waals surface area contributed by atoms with Gasteiger partial charge in [0.25, 0.3) is 0 Å². The van der Waals surface area contributed by atoms with Gasteiger partial charge in [-0.3, -0.25) is 9.59 Å². The van der Waals surface area contributed by atoms with Crippen molar-refractivity contribution in [1.82, 2.24) is 0 Å². The topological polar surface area (TPSA) is 34.1 Å². The quantitative estimate of drug-likeness (QED) is 0.670. The van der Waals surface area contributed by atoms with Crippen LogP contribution in [0.15, 0.2) is 37.4 Å². The summed E-state index contributed by atoms with van der Waals surface area (Å²) in [6, 6.07) is 6.74. The van der Waals surface area contributed by atoms with Crippen molar-refractivity contribution in [2.24, 2.45) is 0 Å². The first-order chi connectivity index (χ1) is 6.69. The van der Waals surface area contributed by atoms with Crippen molar-refractivity contribution < 1.29 is 9.59 Å². The molecule has 0 N–H and O–H groups in total. The number of hydrogen-bond donors (Lipinski definition) is 0. The number of benzene rings is 1. The SMILES string of the molecule is C=C([C]=O)c1ccc(C(=C)[C]=O)cc1. The maximum absolute atomic E-state index is 10.3. The molecular formula is C12H8O2. The third-order valence-electron chi connectivity index (χ3n) is 1.83. The first-order valence-corrected chi connectivity index (χ1v) is 3.94. The molecule has 0 aliphatic carbocycles. The molecule has 1 aromatic carbocycles. The summed E-state index contributed by atoms with van der Waals surface area (Å²) in [5, 5.41) is 0. The molecule has 0 saturated carbocycles. The van der Waals surface area contributed by atoms with Crippen molar-refractivity contribution in [2.75, 3.05) is 0 Å². The van der Waals surface area contributed by atoms with E-state index in [0.717, 1.165) is 0 Å². The zero-order valence-electron chi connectivity index (χ0n) is 7.54. The minimum atomic E-state index is 0.289. The van der Waals surface area contributed by atoms with Gasteiger partial charge in [0.2, 0.25) is 12.6 Å². The maximum Gasteiger partial charge on any atom is 0.233 e. The fraction of sp³-hybridized carbons (Fsp3) is 0. The zero-order valence-corrected chi connectivity index (χ0v) is 7.54. The molecule has 0 fully saturated rings. The van der Waals surface area contributed by atoms with Crippen molar-refractivity contribution in [2.45, 2.75) is 0 Å². The van der Waals surface area contributed by atoms with Gasteiger partial charge in [-0.15, -0.1) is 0 Å². The summed E-state index contributed by atoms with van der Waals surface area (Å²) in [4.78, 5) is 20.6. The highest BCUT2D eigenvalue weighted by Gasteiger charge is 2.00. The lowest BCUT2D eigenvalue weighted by Gasteiger charge is -2.00. The van der Waals surface area contributed by atoms with Crippen molar-refractivity contribution >= 4 is 23.7 Å². The van der Waals surface area contributed by atoms with Crippen LogP contribution < -0.4 is 0 Å². The van der Waals surface area contributed by atoms with Crippen LogP contribution in [0, 0.1) is 0 Å². The highest BCUT2D eigenvalue weighted by molar-refractivity contribution is 6.08. The Morgan fingerprint density at radius 3 is 1.36 bits per heavy atom. The molecule has 1 aromatic rings. The third kappa shape index (κ3) is 2.04. The second-order valence-electron chi connectivity index (χ2n) is 2.74. The third-order valence-corrected chi connectivity index (χ3v) is 1.83. The van der Waals surface area contributed by atoms with Crippen LogP contribution in [-0.4, -0.2) is 12.6 Å². The first kappa shape index (κ1) is 10.1. The van der Waals surface area contributed by atoms with E-state index >= 15 is 0 Å². The summed E-state index contributed by atoms with van der Waals surface area (Å²) in [6.45, 7) is 7.03. The molecule has 0 aromatic heterocycles. The lowest BCUT2D eigenvalue weighted by atomic mass is 10.0. The summed E-state index contributed by atoms with van der Waals surface area (Å²) in [7, 11) is 0. The molecule has 0 unspecified atom stereocenters. The first-order valence-electron chi connectivity index (χ1n) is 3.94. The molecular weight excluding hydrogens is 176 g/mol. The molecule has 2 heteroatoms. The molecule has 0 bridgehead atoms. The minimum absolute atomic E-state index is 0.289. The minimum Gasteiger partial charge on any atom is -0.285 e. The summed E-state index contributed by atoms with van der Waals surface area (Å²) < 4.78 is 0. The van der Waals surface area contributed by atoms with E-state index in [0.29, 0.717) is 11.1 Å². The van der Waals surface area contributed by atoms with E-state index in [1.54, 1.807) is 36.8 Å². The molecule has 0 heterocycles. The fourth-order valence-corrected chi connectivity index (χ4v) is 0.990. The summed E-state index contributed by atoms with van der Waals surface area (Å²) in [6.07, 6.45) is 3.40. The molecule has 0 aliphatic rings. The van der Waals surface area contributed by atoms with E-state index in [9.17, 15) is 9.59 Å². The number of allylic oxidation sites excluding steroid dienone is 2. The van der Waals surface area contributed by atoms with Crippen molar-refractivity contribution in [3.8, 4) is 0 Å². The Morgan fingerprint density at radius 2 is 1.14 bits per heavy atom. The van der Waals surface area contributed by atoms with Crippen LogP contribution in [-0.2, 0) is 9.59 Å². The van der Waals surface area contributed by atoms with Gasteiger partial charge in [-0.25, -0.2) is 0 Å². The van der Waals surface area contributed by atoms with Crippen LogP contribution in [0.2, 0.25) is 0 Å². The maximum atomic E-state index is 10.3. The lowest BCUT2D eigenvalue weighted by Crippen LogP contribution is -1.86. The van der Waals surface area contributed by atoms with Crippen molar-refractivity contribution in [1.29, 1.82) is 0 Å². The second-order valence-corrected chi connectivity index (χ2v) is 2.74. The molecule has 1 rings (SSSR count). The average molecular weight is 184 g/mol. The van der Waals surface area contributed by atoms with Crippen LogP contribution in [0.5, 0.6) is 0 Å². The van der Waals surface area contributed by atoms with Gasteiger partial charge in [-0.05, 0) is 11.1 Å². The highest BCUT2D eigenvalue weighted by Crippen LogP contribution is 2.15. The Labute approximate surface area is 82.6 Å². The standard InChI is InChI=1S/C12H8O2/c1-9(7-13)11-3-5-12(6-4-11)10(2)8-14/h3-6H,1-2H2. The number of rotatable bonds is 4. The Kier molecular flexibility index (Phi) is 3.13. The molecule has 0 spiro atoms. The molecule has 2 nitrogen and oxygen atoms in total. The zero-order chi connectivity index (χ0) is 10.6. The van der Waals surface area contributed by atoms with E-state index in [4.69, 9.17) is 0 Å². The normalized spacial score (nSPS) is 9.14. The smallest absolute Gasteiger partial charge is 0.233 e. The van der Waals surface area contributed by atoms with E-state index in [2.05, 4.69) is 13.2 Å². The van der Waals surface area contributed by atoms with Gasteiger partial charge >= 0.3 is 0 Å². The predicted molar refractivity (Wildman–Crippen MR) is 55.9 cm³/mol. The van der Waals surface area contributed by atoms with Gasteiger partial charge in [-0.2, -0.15) is 0 Å². The van der Waals surface area contributed by atoms with Gasteiger partial charge in [0.15, 0.2) is 0 Å². The Morgan fingerprint density at radius 1 is 0.857 bits per heavy atom. The fourth-order valence-electron chi connectivity index (χ4n) is 0.990. The van der Waals surface area contributed by atoms with Crippen molar-refractivity contribution in [3.05, 3.63) is 48.6 Å². The van der Waals surface area contributed by atoms with Gasteiger partial charge in [0, 0.05) is 11.1 Å². The van der Waals surface area contributed by atoms with Crippen molar-refractivity contribution in [3.63, 3.8) is 0 Å². The van der Waals surface area contributed by atoms with Gasteiger partial charge < -0.3 is 0 Å². The molecule has 0 aliphatic heterocycles. The second kappa shape index (κ2) is 4.33. The Hall–Kier alpha value is -1.96. The average Bonchev–Trinajstić information content (AvgIpc) is 2.27. The molecule has 14 heavy (non-hydrogen) atoms.